The molecule has 1 N–H and O–H groups in total. The number of rotatable bonds is 6. The van der Waals surface area contributed by atoms with Gasteiger partial charge in [0.1, 0.15) is 0 Å². The van der Waals surface area contributed by atoms with E-state index in [4.69, 9.17) is 4.74 Å². The summed E-state index contributed by atoms with van der Waals surface area (Å²) in [6.45, 7) is 1.39. The fraction of sp³-hybridized carbons (Fsp3) is 0.462. The second-order valence-electron chi connectivity index (χ2n) is 4.38. The van der Waals surface area contributed by atoms with Crippen LogP contribution in [0.25, 0.3) is 0 Å². The van der Waals surface area contributed by atoms with E-state index in [1.807, 2.05) is 0 Å². The lowest BCUT2D eigenvalue weighted by atomic mass is 10.2. The van der Waals surface area contributed by atoms with Gasteiger partial charge in [-0.2, -0.15) is 0 Å². The van der Waals surface area contributed by atoms with Gasteiger partial charge < -0.3 is 10.1 Å². The van der Waals surface area contributed by atoms with Crippen LogP contribution in [0.5, 0.6) is 0 Å². The summed E-state index contributed by atoms with van der Waals surface area (Å²) >= 11 is 0. The van der Waals surface area contributed by atoms with Gasteiger partial charge in [-0.05, 0) is 30.9 Å². The normalized spacial score (nSPS) is 14.6. The Hall–Kier alpha value is -1.49. The van der Waals surface area contributed by atoms with E-state index >= 15 is 0 Å². The number of carbonyl (C=O) groups is 1. The van der Waals surface area contributed by atoms with Crippen molar-refractivity contribution in [1.29, 1.82) is 0 Å². The lowest BCUT2D eigenvalue weighted by molar-refractivity contribution is 0.0902. The highest BCUT2D eigenvalue weighted by Gasteiger charge is 2.21. The quantitative estimate of drug-likeness (QED) is 0.791. The molecule has 5 heteroatoms. The minimum Gasteiger partial charge on any atom is -0.379 e. The average molecular weight is 255 g/mol. The number of hydrogen-bond donors (Lipinski definition) is 1. The largest absolute Gasteiger partial charge is 0.379 e. The van der Waals surface area contributed by atoms with Gasteiger partial charge >= 0.3 is 0 Å². The van der Waals surface area contributed by atoms with E-state index in [-0.39, 0.29) is 5.56 Å². The molecule has 18 heavy (non-hydrogen) atoms. The molecular formula is C13H15F2NO2. The molecule has 1 aliphatic carbocycles. The van der Waals surface area contributed by atoms with Gasteiger partial charge in [-0.1, -0.05) is 6.07 Å². The van der Waals surface area contributed by atoms with Gasteiger partial charge in [0.25, 0.3) is 5.91 Å². The van der Waals surface area contributed by atoms with Gasteiger partial charge in [0.2, 0.25) is 0 Å². The molecule has 0 radical (unpaired) electrons. The van der Waals surface area contributed by atoms with E-state index in [2.05, 4.69) is 5.32 Å². The lowest BCUT2D eigenvalue weighted by Crippen LogP contribution is -2.28. The average Bonchev–Trinajstić information content (AvgIpc) is 3.16. The molecule has 1 aromatic carbocycles. The zero-order valence-corrected chi connectivity index (χ0v) is 9.92. The number of carbonyl (C=O) groups excluding carboxylic acids is 1. The molecule has 98 valence electrons. The first-order valence-corrected chi connectivity index (χ1v) is 5.98. The van der Waals surface area contributed by atoms with Gasteiger partial charge in [0, 0.05) is 13.2 Å². The molecule has 1 aromatic rings. The summed E-state index contributed by atoms with van der Waals surface area (Å²) in [6, 6.07) is 3.53. The van der Waals surface area contributed by atoms with Crippen LogP contribution in [-0.4, -0.2) is 25.7 Å². The maximum Gasteiger partial charge on any atom is 0.254 e. The number of amides is 1. The van der Waals surface area contributed by atoms with E-state index in [0.29, 0.717) is 25.7 Å². The minimum absolute atomic E-state index is 0.280. The van der Waals surface area contributed by atoms with Gasteiger partial charge in [-0.15, -0.1) is 0 Å². The van der Waals surface area contributed by atoms with Gasteiger partial charge in [0.05, 0.1) is 12.2 Å². The number of ether oxygens (including phenoxy) is 1. The van der Waals surface area contributed by atoms with E-state index in [0.717, 1.165) is 6.07 Å². The van der Waals surface area contributed by atoms with Crippen LogP contribution >= 0.6 is 0 Å². The highest BCUT2D eigenvalue weighted by atomic mass is 19.2. The van der Waals surface area contributed by atoms with E-state index in [9.17, 15) is 13.6 Å². The van der Waals surface area contributed by atoms with Crippen LogP contribution in [-0.2, 0) is 4.74 Å². The topological polar surface area (TPSA) is 38.3 Å². The Kier molecular flexibility index (Phi) is 4.25. The SMILES string of the molecule is O=C(NCCOCC1CC1)c1cccc(F)c1F. The molecular weight excluding hydrogens is 240 g/mol. The molecule has 0 aliphatic heterocycles. The Balaban J connectivity index is 1.74. The fourth-order valence-electron chi connectivity index (χ4n) is 1.55. The van der Waals surface area contributed by atoms with Crippen molar-refractivity contribution in [3.8, 4) is 0 Å². The molecule has 0 heterocycles. The fourth-order valence-corrected chi connectivity index (χ4v) is 1.55. The van der Waals surface area contributed by atoms with Crippen molar-refractivity contribution in [2.24, 2.45) is 5.92 Å². The Morgan fingerprint density at radius 2 is 2.17 bits per heavy atom. The van der Waals surface area contributed by atoms with Crippen LogP contribution in [0.3, 0.4) is 0 Å². The smallest absolute Gasteiger partial charge is 0.254 e. The number of nitrogens with one attached hydrogen (secondary N) is 1. The Bertz CT molecular complexity index is 433. The van der Waals surface area contributed by atoms with Crippen molar-refractivity contribution in [1.82, 2.24) is 5.32 Å². The molecule has 0 saturated heterocycles. The maximum absolute atomic E-state index is 13.3. The molecule has 3 nitrogen and oxygen atoms in total. The predicted octanol–water partition coefficient (Wildman–Crippen LogP) is 2.12. The molecule has 1 fully saturated rings. The van der Waals surface area contributed by atoms with Crippen LogP contribution < -0.4 is 5.32 Å². The summed E-state index contributed by atoms with van der Waals surface area (Å²) in [4.78, 5) is 11.6. The van der Waals surface area contributed by atoms with Crippen LogP contribution in [0, 0.1) is 17.6 Å². The van der Waals surface area contributed by atoms with E-state index < -0.39 is 17.5 Å². The standard InChI is InChI=1S/C13H15F2NO2/c14-11-3-1-2-10(12(11)15)13(17)16-6-7-18-8-9-4-5-9/h1-3,9H,4-8H2,(H,16,17). The van der Waals surface area contributed by atoms with Crippen molar-refractivity contribution in [2.45, 2.75) is 12.8 Å². The third-order valence-electron chi connectivity index (χ3n) is 2.78. The molecule has 1 aliphatic rings. The van der Waals surface area contributed by atoms with E-state index in [1.165, 1.54) is 25.0 Å². The Morgan fingerprint density at radius 3 is 2.89 bits per heavy atom. The molecule has 2 rings (SSSR count). The molecule has 1 amide bonds. The monoisotopic (exact) mass is 255 g/mol. The summed E-state index contributed by atoms with van der Waals surface area (Å²) in [5.41, 5.74) is -0.280. The van der Waals surface area contributed by atoms with Crippen molar-refractivity contribution in [2.75, 3.05) is 19.8 Å². The highest BCUT2D eigenvalue weighted by molar-refractivity contribution is 5.94. The maximum atomic E-state index is 13.3. The Morgan fingerprint density at radius 1 is 1.39 bits per heavy atom. The minimum atomic E-state index is -1.12. The summed E-state index contributed by atoms with van der Waals surface area (Å²) in [5.74, 6) is -2.09. The van der Waals surface area contributed by atoms with Crippen LogP contribution in [0.2, 0.25) is 0 Å². The third kappa shape index (κ3) is 3.50. The summed E-state index contributed by atoms with van der Waals surface area (Å²) in [5, 5.41) is 2.49. The number of hydrogen-bond acceptors (Lipinski definition) is 2. The van der Waals surface area contributed by atoms with Crippen LogP contribution in [0.4, 0.5) is 8.78 Å². The van der Waals surface area contributed by atoms with Crippen molar-refractivity contribution < 1.29 is 18.3 Å². The molecule has 0 aromatic heterocycles. The molecule has 0 unspecified atom stereocenters. The molecule has 0 bridgehead atoms. The van der Waals surface area contributed by atoms with Gasteiger partial charge in [0.15, 0.2) is 11.6 Å². The summed E-state index contributed by atoms with van der Waals surface area (Å²) < 4.78 is 31.5. The Labute approximate surface area is 104 Å². The first-order valence-electron chi connectivity index (χ1n) is 5.98. The number of benzene rings is 1. The highest BCUT2D eigenvalue weighted by Crippen LogP contribution is 2.28. The second-order valence-corrected chi connectivity index (χ2v) is 4.38. The van der Waals surface area contributed by atoms with Gasteiger partial charge in [-0.25, -0.2) is 8.78 Å². The third-order valence-corrected chi connectivity index (χ3v) is 2.78. The summed E-state index contributed by atoms with van der Waals surface area (Å²) in [6.07, 6.45) is 2.42. The first-order chi connectivity index (χ1) is 8.68. The number of halogens is 2. The van der Waals surface area contributed by atoms with Crippen LogP contribution in [0.1, 0.15) is 23.2 Å². The van der Waals surface area contributed by atoms with Crippen molar-refractivity contribution in [3.05, 3.63) is 35.4 Å². The van der Waals surface area contributed by atoms with Crippen molar-refractivity contribution in [3.63, 3.8) is 0 Å². The summed E-state index contributed by atoms with van der Waals surface area (Å²) in [7, 11) is 0. The molecule has 0 spiro atoms. The molecule has 1 saturated carbocycles. The van der Waals surface area contributed by atoms with Gasteiger partial charge in [-0.3, -0.25) is 4.79 Å². The predicted molar refractivity (Wildman–Crippen MR) is 62.2 cm³/mol. The van der Waals surface area contributed by atoms with Crippen LogP contribution in [0.15, 0.2) is 18.2 Å². The van der Waals surface area contributed by atoms with Crippen molar-refractivity contribution >= 4 is 5.91 Å². The van der Waals surface area contributed by atoms with E-state index in [1.54, 1.807) is 0 Å². The molecule has 0 atom stereocenters. The lowest BCUT2D eigenvalue weighted by Gasteiger charge is -2.07. The zero-order valence-electron chi connectivity index (χ0n) is 9.92. The first kappa shape index (κ1) is 13.0. The zero-order chi connectivity index (χ0) is 13.0. The second kappa shape index (κ2) is 5.91.